The van der Waals surface area contributed by atoms with Crippen LogP contribution in [0.4, 0.5) is 12.0 Å². The molecule has 0 unspecified atom stereocenters. The van der Waals surface area contributed by atoms with Crippen LogP contribution < -0.4 is 10.6 Å². The van der Waals surface area contributed by atoms with E-state index in [-0.39, 0.29) is 11.9 Å². The van der Waals surface area contributed by atoms with E-state index in [2.05, 4.69) is 10.2 Å². The highest BCUT2D eigenvalue weighted by Gasteiger charge is 2.42. The van der Waals surface area contributed by atoms with E-state index >= 15 is 0 Å². The van der Waals surface area contributed by atoms with Crippen LogP contribution in [-0.2, 0) is 4.79 Å². The molecule has 1 aliphatic rings. The summed E-state index contributed by atoms with van der Waals surface area (Å²) in [5.41, 5.74) is 4.68. The number of likely N-dealkylation sites (N-methyl/N-ethyl adjacent to an activating group) is 1. The Morgan fingerprint density at radius 1 is 1.38 bits per heavy atom. The Morgan fingerprint density at radius 3 is 2.62 bits per heavy atom. The van der Waals surface area contributed by atoms with Crippen LogP contribution in [-0.4, -0.2) is 46.7 Å². The van der Waals surface area contributed by atoms with Gasteiger partial charge in [0.25, 0.3) is 0 Å². The quantitative estimate of drug-likeness (QED) is 0.706. The number of carbonyl (C=O) groups excluding carboxylic acids is 1. The zero-order valence-electron chi connectivity index (χ0n) is 9.60. The number of aromatic nitrogens is 2. The molecule has 0 aliphatic carbocycles. The fourth-order valence-electron chi connectivity index (χ4n) is 1.88. The molecule has 0 bridgehead atoms. The molecule has 2 heterocycles. The smallest absolute Gasteiger partial charge is 0.320 e. The van der Waals surface area contributed by atoms with E-state index in [0.717, 1.165) is 0 Å². The molecule has 0 atom stereocenters. The van der Waals surface area contributed by atoms with Crippen LogP contribution in [0.15, 0.2) is 4.42 Å². The lowest BCUT2D eigenvalue weighted by Crippen LogP contribution is -2.62. The summed E-state index contributed by atoms with van der Waals surface area (Å²) in [6.45, 7) is 4.93. The zero-order valence-corrected chi connectivity index (χ0v) is 9.60. The first kappa shape index (κ1) is 10.7. The van der Waals surface area contributed by atoms with E-state index in [1.165, 1.54) is 0 Å². The molecule has 2 rings (SSSR count). The average Bonchev–Trinajstić information content (AvgIpc) is 2.61. The maximum atomic E-state index is 12.0. The van der Waals surface area contributed by atoms with Crippen LogP contribution in [0, 0.1) is 0 Å². The maximum Gasteiger partial charge on any atom is 0.320 e. The summed E-state index contributed by atoms with van der Waals surface area (Å²) < 4.78 is 5.15. The van der Waals surface area contributed by atoms with Crippen molar-refractivity contribution >= 4 is 17.9 Å². The van der Waals surface area contributed by atoms with Gasteiger partial charge in [0.2, 0.25) is 5.91 Å². The number of hydrogen-bond acceptors (Lipinski definition) is 6. The largest absolute Gasteiger partial charge is 0.390 e. The number of anilines is 2. The lowest BCUT2D eigenvalue weighted by Gasteiger charge is -2.43. The topological polar surface area (TPSA) is 88.5 Å². The van der Waals surface area contributed by atoms with Crippen molar-refractivity contribution in [3.63, 3.8) is 0 Å². The first-order valence-electron chi connectivity index (χ1n) is 5.05. The lowest BCUT2D eigenvalue weighted by molar-refractivity contribution is -0.136. The predicted molar refractivity (Wildman–Crippen MR) is 57.8 cm³/mol. The molecule has 7 nitrogen and oxygen atoms in total. The van der Waals surface area contributed by atoms with Crippen LogP contribution in [0.3, 0.4) is 0 Å². The molecule has 7 heteroatoms. The van der Waals surface area contributed by atoms with Crippen molar-refractivity contribution in [1.29, 1.82) is 0 Å². The molecule has 0 aromatic carbocycles. The molecule has 88 valence electrons. The Hall–Kier alpha value is -1.79. The normalized spacial score (nSPS) is 20.3. The summed E-state index contributed by atoms with van der Waals surface area (Å²) in [4.78, 5) is 15.5. The van der Waals surface area contributed by atoms with E-state index in [4.69, 9.17) is 10.2 Å². The first-order valence-corrected chi connectivity index (χ1v) is 5.05. The van der Waals surface area contributed by atoms with Crippen molar-refractivity contribution in [3.8, 4) is 0 Å². The molecule has 2 N–H and O–H groups in total. The standard InChI is InChI=1S/C9H15N5O2/c1-9(2)6(15)13(3)4-5-14(9)8-12-11-7(10)16-8/h4-5H2,1-3H3,(H2,10,11). The summed E-state index contributed by atoms with van der Waals surface area (Å²) in [6.07, 6.45) is 0. The predicted octanol–water partition coefficient (Wildman–Crippen LogP) is -0.291. The molecule has 1 aromatic heterocycles. The third kappa shape index (κ3) is 1.48. The zero-order chi connectivity index (χ0) is 11.9. The van der Waals surface area contributed by atoms with Gasteiger partial charge in [0.15, 0.2) is 0 Å². The summed E-state index contributed by atoms with van der Waals surface area (Å²) in [5, 5.41) is 7.40. The first-order chi connectivity index (χ1) is 7.43. The highest BCUT2D eigenvalue weighted by Crippen LogP contribution is 2.27. The number of piperazine rings is 1. The van der Waals surface area contributed by atoms with E-state index in [1.54, 1.807) is 16.8 Å². The maximum absolute atomic E-state index is 12.0. The van der Waals surface area contributed by atoms with Gasteiger partial charge in [0.1, 0.15) is 5.54 Å². The second kappa shape index (κ2) is 3.36. The van der Waals surface area contributed by atoms with Crippen molar-refractivity contribution in [1.82, 2.24) is 15.1 Å². The molecule has 0 spiro atoms. The van der Waals surface area contributed by atoms with Crippen molar-refractivity contribution in [2.45, 2.75) is 19.4 Å². The van der Waals surface area contributed by atoms with Gasteiger partial charge >= 0.3 is 12.0 Å². The van der Waals surface area contributed by atoms with Gasteiger partial charge in [-0.2, -0.15) is 0 Å². The number of rotatable bonds is 1. The van der Waals surface area contributed by atoms with Crippen molar-refractivity contribution < 1.29 is 9.21 Å². The van der Waals surface area contributed by atoms with E-state index in [9.17, 15) is 4.79 Å². The second-order valence-electron chi connectivity index (χ2n) is 4.36. The van der Waals surface area contributed by atoms with Crippen molar-refractivity contribution in [3.05, 3.63) is 0 Å². The molecule has 1 fully saturated rings. The Kier molecular flexibility index (Phi) is 2.25. The Bertz CT molecular complexity index is 414. The number of nitrogen functional groups attached to an aromatic ring is 1. The fourth-order valence-corrected chi connectivity index (χ4v) is 1.88. The van der Waals surface area contributed by atoms with Gasteiger partial charge in [-0.25, -0.2) is 0 Å². The third-order valence-electron chi connectivity index (χ3n) is 2.86. The molecule has 1 amide bonds. The van der Waals surface area contributed by atoms with Gasteiger partial charge in [-0.05, 0) is 13.8 Å². The van der Waals surface area contributed by atoms with Gasteiger partial charge in [-0.1, -0.05) is 10.2 Å². The van der Waals surface area contributed by atoms with Gasteiger partial charge in [-0.3, -0.25) is 4.79 Å². The molecular formula is C9H15N5O2. The lowest BCUT2D eigenvalue weighted by atomic mass is 9.98. The Labute approximate surface area is 93.2 Å². The van der Waals surface area contributed by atoms with Crippen LogP contribution in [0.2, 0.25) is 0 Å². The van der Waals surface area contributed by atoms with E-state index in [1.807, 2.05) is 13.8 Å². The highest BCUT2D eigenvalue weighted by molar-refractivity contribution is 5.89. The minimum atomic E-state index is -0.689. The van der Waals surface area contributed by atoms with Crippen LogP contribution in [0.5, 0.6) is 0 Å². The minimum Gasteiger partial charge on any atom is -0.390 e. The SMILES string of the molecule is CN1CCN(c2nnc(N)o2)C(C)(C)C1=O. The number of amides is 1. The Balaban J connectivity index is 2.32. The van der Waals surface area contributed by atoms with Gasteiger partial charge < -0.3 is 20.0 Å². The van der Waals surface area contributed by atoms with E-state index in [0.29, 0.717) is 19.1 Å². The monoisotopic (exact) mass is 225 g/mol. The summed E-state index contributed by atoms with van der Waals surface area (Å²) >= 11 is 0. The van der Waals surface area contributed by atoms with E-state index < -0.39 is 5.54 Å². The molecule has 0 radical (unpaired) electrons. The van der Waals surface area contributed by atoms with Crippen LogP contribution >= 0.6 is 0 Å². The molecule has 16 heavy (non-hydrogen) atoms. The van der Waals surface area contributed by atoms with Crippen molar-refractivity contribution in [2.24, 2.45) is 0 Å². The van der Waals surface area contributed by atoms with Gasteiger partial charge in [0.05, 0.1) is 0 Å². The molecule has 1 saturated heterocycles. The summed E-state index contributed by atoms with van der Waals surface area (Å²) in [5.74, 6) is 0.0236. The highest BCUT2D eigenvalue weighted by atomic mass is 16.4. The molecule has 1 aliphatic heterocycles. The number of carbonyl (C=O) groups is 1. The summed E-state index contributed by atoms with van der Waals surface area (Å²) in [6, 6.07) is 0.307. The van der Waals surface area contributed by atoms with Crippen molar-refractivity contribution in [2.75, 3.05) is 30.8 Å². The average molecular weight is 225 g/mol. The molecular weight excluding hydrogens is 210 g/mol. The molecule has 1 aromatic rings. The number of nitrogens with two attached hydrogens (primary N) is 1. The number of hydrogen-bond donors (Lipinski definition) is 1. The van der Waals surface area contributed by atoms with Gasteiger partial charge in [0, 0.05) is 20.1 Å². The molecule has 0 saturated carbocycles. The fraction of sp³-hybridized carbons (Fsp3) is 0.667. The second-order valence-corrected chi connectivity index (χ2v) is 4.36. The van der Waals surface area contributed by atoms with Crippen LogP contribution in [0.25, 0.3) is 0 Å². The number of nitrogens with zero attached hydrogens (tertiary/aromatic N) is 4. The summed E-state index contributed by atoms with van der Waals surface area (Å²) in [7, 11) is 1.78. The van der Waals surface area contributed by atoms with Gasteiger partial charge in [-0.15, -0.1) is 0 Å². The minimum absolute atomic E-state index is 0.0113. The Morgan fingerprint density at radius 2 is 2.06 bits per heavy atom. The van der Waals surface area contributed by atoms with Crippen LogP contribution in [0.1, 0.15) is 13.8 Å². The third-order valence-corrected chi connectivity index (χ3v) is 2.86.